The highest BCUT2D eigenvalue weighted by molar-refractivity contribution is 8.02. The Hall–Kier alpha value is -2.55. The number of benzene rings is 2. The third kappa shape index (κ3) is 4.24. The molecule has 0 bridgehead atoms. The second-order valence-corrected chi connectivity index (χ2v) is 9.61. The van der Waals surface area contributed by atoms with E-state index >= 15 is 0 Å². The van der Waals surface area contributed by atoms with Gasteiger partial charge in [-0.2, -0.15) is 4.31 Å². The smallest absolute Gasteiger partial charge is 0.249 e. The summed E-state index contributed by atoms with van der Waals surface area (Å²) < 4.78 is 32.8. The van der Waals surface area contributed by atoms with Crippen LogP contribution in [0.15, 0.2) is 82.3 Å². The van der Waals surface area contributed by atoms with Crippen LogP contribution < -0.4 is 5.32 Å². The van der Waals surface area contributed by atoms with E-state index in [0.29, 0.717) is 18.1 Å². The lowest BCUT2D eigenvalue weighted by Crippen LogP contribution is -2.44. The van der Waals surface area contributed by atoms with Gasteiger partial charge in [-0.3, -0.25) is 4.79 Å². The molecule has 1 atom stereocenters. The Balaban J connectivity index is 1.50. The summed E-state index contributed by atoms with van der Waals surface area (Å²) in [4.78, 5) is 12.8. The summed E-state index contributed by atoms with van der Waals surface area (Å²) in [5, 5.41) is 1.96. The van der Waals surface area contributed by atoms with Crippen LogP contribution in [0.2, 0.25) is 0 Å². The number of hydrogen-bond acceptors (Lipinski definition) is 5. The van der Waals surface area contributed by atoms with Crippen LogP contribution in [0, 0.1) is 0 Å². The van der Waals surface area contributed by atoms with Gasteiger partial charge in [0.05, 0.1) is 17.7 Å². The van der Waals surface area contributed by atoms with Crippen molar-refractivity contribution >= 4 is 27.7 Å². The summed E-state index contributed by atoms with van der Waals surface area (Å²) in [5.74, 6) is 0.848. The zero-order chi connectivity index (χ0) is 20.3. The number of sulfonamides is 1. The van der Waals surface area contributed by atoms with Crippen LogP contribution in [0.4, 0.5) is 0 Å². The van der Waals surface area contributed by atoms with Crippen LogP contribution in [0.25, 0.3) is 11.1 Å². The minimum absolute atomic E-state index is 0.184. The van der Waals surface area contributed by atoms with E-state index in [1.807, 2.05) is 30.3 Å². The predicted molar refractivity (Wildman–Crippen MR) is 113 cm³/mol. The van der Waals surface area contributed by atoms with E-state index in [9.17, 15) is 13.2 Å². The number of hydrogen-bond donors (Lipinski definition) is 1. The van der Waals surface area contributed by atoms with Gasteiger partial charge in [0, 0.05) is 12.3 Å². The quantitative estimate of drug-likeness (QED) is 0.652. The van der Waals surface area contributed by atoms with Gasteiger partial charge >= 0.3 is 0 Å². The van der Waals surface area contributed by atoms with Crippen molar-refractivity contribution in [3.05, 3.63) is 78.8 Å². The number of nitrogens with zero attached hydrogens (tertiary/aromatic N) is 1. The normalized spacial score (nSPS) is 17.3. The lowest BCUT2D eigenvalue weighted by atomic mass is 10.1. The van der Waals surface area contributed by atoms with Crippen LogP contribution in [0.3, 0.4) is 0 Å². The Morgan fingerprint density at radius 1 is 1.03 bits per heavy atom. The molecule has 2 aromatic carbocycles. The van der Waals surface area contributed by atoms with Crippen LogP contribution in [-0.4, -0.2) is 36.3 Å². The number of thioether (sulfide) groups is 1. The SMILES string of the molecule is O=C(NCc1ccco1)C1SCCN1S(=O)(=O)c1ccc(-c2ccccc2)cc1. The molecule has 1 unspecified atom stereocenters. The molecule has 1 fully saturated rings. The minimum atomic E-state index is -3.78. The first-order chi connectivity index (χ1) is 14.1. The molecule has 8 heteroatoms. The standard InChI is InChI=1S/C21H20N2O4S2/c24-20(22-15-18-7-4-13-27-18)21-23(12-14-28-21)29(25,26)19-10-8-17(9-11-19)16-5-2-1-3-6-16/h1-11,13,21H,12,14-15H2,(H,22,24). The summed E-state index contributed by atoms with van der Waals surface area (Å²) in [6, 6.07) is 20.0. The molecular formula is C21H20N2O4S2. The Labute approximate surface area is 174 Å². The highest BCUT2D eigenvalue weighted by Gasteiger charge is 2.40. The molecule has 2 heterocycles. The Kier molecular flexibility index (Phi) is 5.75. The van der Waals surface area contributed by atoms with Gasteiger partial charge in [0.15, 0.2) is 0 Å². The molecule has 1 amide bonds. The average molecular weight is 429 g/mol. The van der Waals surface area contributed by atoms with E-state index in [1.54, 1.807) is 36.4 Å². The summed E-state index contributed by atoms with van der Waals surface area (Å²) in [6.45, 7) is 0.523. The third-order valence-corrected chi connectivity index (χ3v) is 7.87. The van der Waals surface area contributed by atoms with E-state index in [-0.39, 0.29) is 17.3 Å². The molecule has 1 aliphatic heterocycles. The van der Waals surface area contributed by atoms with Crippen LogP contribution in [-0.2, 0) is 21.4 Å². The van der Waals surface area contributed by atoms with Crippen molar-refractivity contribution in [3.63, 3.8) is 0 Å². The topological polar surface area (TPSA) is 79.6 Å². The third-order valence-electron chi connectivity index (χ3n) is 4.66. The monoisotopic (exact) mass is 428 g/mol. The molecule has 1 saturated heterocycles. The van der Waals surface area contributed by atoms with Gasteiger partial charge in [0.1, 0.15) is 11.1 Å². The molecule has 1 aliphatic rings. The molecule has 0 saturated carbocycles. The molecule has 1 N–H and O–H groups in total. The first kappa shape index (κ1) is 19.8. The molecule has 0 spiro atoms. The number of carbonyl (C=O) groups is 1. The number of carbonyl (C=O) groups excluding carboxylic acids is 1. The highest BCUT2D eigenvalue weighted by atomic mass is 32.2. The van der Waals surface area contributed by atoms with Crippen molar-refractivity contribution in [2.75, 3.05) is 12.3 Å². The predicted octanol–water partition coefficient (Wildman–Crippen LogP) is 3.33. The Morgan fingerprint density at radius 2 is 1.76 bits per heavy atom. The lowest BCUT2D eigenvalue weighted by molar-refractivity contribution is -0.122. The van der Waals surface area contributed by atoms with E-state index < -0.39 is 15.4 Å². The van der Waals surface area contributed by atoms with Crippen molar-refractivity contribution in [3.8, 4) is 11.1 Å². The summed E-state index contributed by atoms with van der Waals surface area (Å²) >= 11 is 1.32. The molecule has 6 nitrogen and oxygen atoms in total. The fourth-order valence-electron chi connectivity index (χ4n) is 3.17. The van der Waals surface area contributed by atoms with E-state index in [0.717, 1.165) is 11.1 Å². The molecule has 150 valence electrons. The van der Waals surface area contributed by atoms with Crippen LogP contribution in [0.5, 0.6) is 0 Å². The van der Waals surface area contributed by atoms with Crippen molar-refractivity contribution in [1.29, 1.82) is 0 Å². The number of rotatable bonds is 6. The summed E-state index contributed by atoms with van der Waals surface area (Å²) in [5.41, 5.74) is 1.96. The largest absolute Gasteiger partial charge is 0.467 e. The summed E-state index contributed by atoms with van der Waals surface area (Å²) in [6.07, 6.45) is 1.53. The number of nitrogens with one attached hydrogen (secondary N) is 1. The van der Waals surface area contributed by atoms with Crippen molar-refractivity contribution in [2.45, 2.75) is 16.8 Å². The number of amides is 1. The van der Waals surface area contributed by atoms with Gasteiger partial charge < -0.3 is 9.73 Å². The molecule has 0 aliphatic carbocycles. The van der Waals surface area contributed by atoms with Crippen LogP contribution >= 0.6 is 11.8 Å². The molecule has 1 aromatic heterocycles. The maximum Gasteiger partial charge on any atom is 0.249 e. The van der Waals surface area contributed by atoms with Gasteiger partial charge in [-0.15, -0.1) is 11.8 Å². The van der Waals surface area contributed by atoms with E-state index in [2.05, 4.69) is 5.32 Å². The van der Waals surface area contributed by atoms with Crippen molar-refractivity contribution in [1.82, 2.24) is 9.62 Å². The maximum absolute atomic E-state index is 13.1. The van der Waals surface area contributed by atoms with Crippen molar-refractivity contribution < 1.29 is 17.6 Å². The van der Waals surface area contributed by atoms with Crippen molar-refractivity contribution in [2.24, 2.45) is 0 Å². The highest BCUT2D eigenvalue weighted by Crippen LogP contribution is 2.31. The second-order valence-electron chi connectivity index (χ2n) is 6.53. The summed E-state index contributed by atoms with van der Waals surface area (Å²) in [7, 11) is -3.78. The maximum atomic E-state index is 13.1. The Morgan fingerprint density at radius 3 is 2.45 bits per heavy atom. The first-order valence-corrected chi connectivity index (χ1v) is 11.6. The minimum Gasteiger partial charge on any atom is -0.467 e. The first-order valence-electron chi connectivity index (χ1n) is 9.15. The fraction of sp³-hybridized carbons (Fsp3) is 0.190. The molecule has 4 rings (SSSR count). The molecule has 29 heavy (non-hydrogen) atoms. The second kappa shape index (κ2) is 8.44. The van der Waals surface area contributed by atoms with Gasteiger partial charge in [-0.25, -0.2) is 8.42 Å². The van der Waals surface area contributed by atoms with Gasteiger partial charge in [0.2, 0.25) is 15.9 Å². The van der Waals surface area contributed by atoms with E-state index in [4.69, 9.17) is 4.42 Å². The molecule has 3 aromatic rings. The molecular weight excluding hydrogens is 408 g/mol. The average Bonchev–Trinajstić information content (AvgIpc) is 3.45. The molecule has 0 radical (unpaired) electrons. The van der Waals surface area contributed by atoms with Gasteiger partial charge in [-0.05, 0) is 35.4 Å². The number of furan rings is 1. The van der Waals surface area contributed by atoms with Gasteiger partial charge in [-0.1, -0.05) is 42.5 Å². The Bertz CT molecular complexity index is 1070. The zero-order valence-corrected chi connectivity index (χ0v) is 17.2. The van der Waals surface area contributed by atoms with Crippen LogP contribution in [0.1, 0.15) is 5.76 Å². The fourth-order valence-corrected chi connectivity index (χ4v) is 6.27. The lowest BCUT2D eigenvalue weighted by Gasteiger charge is -2.22. The van der Waals surface area contributed by atoms with E-state index in [1.165, 1.54) is 22.3 Å². The van der Waals surface area contributed by atoms with Gasteiger partial charge in [0.25, 0.3) is 0 Å². The zero-order valence-electron chi connectivity index (χ0n) is 15.5.